The van der Waals surface area contributed by atoms with Gasteiger partial charge in [-0.25, -0.2) is 9.18 Å². The van der Waals surface area contributed by atoms with Gasteiger partial charge in [0.25, 0.3) is 5.69 Å². The van der Waals surface area contributed by atoms with Gasteiger partial charge in [-0.3, -0.25) is 14.3 Å². The number of hydrogen-bond donors (Lipinski definition) is 1. The van der Waals surface area contributed by atoms with Gasteiger partial charge in [-0.1, -0.05) is 0 Å². The summed E-state index contributed by atoms with van der Waals surface area (Å²) in [5.41, 5.74) is -0.545. The maximum Gasteiger partial charge on any atom is 0.321 e. The van der Waals surface area contributed by atoms with Crippen molar-refractivity contribution in [1.29, 1.82) is 0 Å². The number of carbonyl (C=O) groups excluding carboxylic acids is 1. The van der Waals surface area contributed by atoms with Crippen LogP contribution in [0.4, 0.5) is 20.6 Å². The first-order valence-electron chi connectivity index (χ1n) is 6.00. The molecule has 0 fully saturated rings. The Morgan fingerprint density at radius 3 is 2.67 bits per heavy atom. The number of urea groups is 1. The van der Waals surface area contributed by atoms with Crippen LogP contribution in [0.5, 0.6) is 0 Å². The van der Waals surface area contributed by atoms with E-state index in [1.165, 1.54) is 18.2 Å². The molecule has 0 aliphatic carbocycles. The Bertz CT molecular complexity index is 582. The molecular formula is C12H16FN3O4S. The molecule has 1 rings (SSSR count). The summed E-state index contributed by atoms with van der Waals surface area (Å²) in [6.45, 7) is 1.72. The summed E-state index contributed by atoms with van der Waals surface area (Å²) in [6.07, 6.45) is 1.53. The molecule has 0 aliphatic heterocycles. The molecule has 2 atom stereocenters. The molecule has 7 nitrogen and oxygen atoms in total. The molecule has 116 valence electrons. The van der Waals surface area contributed by atoms with E-state index in [0.717, 1.165) is 18.2 Å². The molecule has 0 aromatic heterocycles. The summed E-state index contributed by atoms with van der Waals surface area (Å²) in [5.74, 6) is -0.593. The van der Waals surface area contributed by atoms with Crippen molar-refractivity contribution < 1.29 is 18.3 Å². The lowest BCUT2D eigenvalue weighted by atomic mass is 10.2. The maximum atomic E-state index is 13.7. The molecule has 2 amide bonds. The van der Waals surface area contributed by atoms with Crippen LogP contribution < -0.4 is 5.32 Å². The Kier molecular flexibility index (Phi) is 5.77. The minimum Gasteiger partial charge on any atom is -0.324 e. The fourth-order valence-electron chi connectivity index (χ4n) is 1.57. The highest BCUT2D eigenvalue weighted by atomic mass is 32.2. The number of benzene rings is 1. The summed E-state index contributed by atoms with van der Waals surface area (Å²) in [7, 11) is 0.433. The molecule has 0 radical (unpaired) electrons. The van der Waals surface area contributed by atoms with Gasteiger partial charge >= 0.3 is 6.03 Å². The van der Waals surface area contributed by atoms with Crippen LogP contribution in [-0.2, 0) is 10.8 Å². The van der Waals surface area contributed by atoms with Gasteiger partial charge in [-0.05, 0) is 13.0 Å². The first-order valence-corrected chi connectivity index (χ1v) is 7.73. The second-order valence-corrected chi connectivity index (χ2v) is 6.03. The van der Waals surface area contributed by atoms with Crippen molar-refractivity contribution in [1.82, 2.24) is 4.90 Å². The van der Waals surface area contributed by atoms with Crippen molar-refractivity contribution in [2.45, 2.75) is 13.0 Å². The fourth-order valence-corrected chi connectivity index (χ4v) is 2.48. The summed E-state index contributed by atoms with van der Waals surface area (Å²) < 4.78 is 24.8. The molecule has 0 bridgehead atoms. The van der Waals surface area contributed by atoms with Crippen LogP contribution in [0.25, 0.3) is 0 Å². The first kappa shape index (κ1) is 17.0. The minimum absolute atomic E-state index is 0.151. The van der Waals surface area contributed by atoms with Gasteiger partial charge in [-0.2, -0.15) is 0 Å². The Morgan fingerprint density at radius 1 is 1.57 bits per heavy atom. The number of nitrogens with one attached hydrogen (secondary N) is 1. The second kappa shape index (κ2) is 7.11. The van der Waals surface area contributed by atoms with E-state index in [9.17, 15) is 23.5 Å². The number of nitro groups is 1. The van der Waals surface area contributed by atoms with Crippen LogP contribution in [0.2, 0.25) is 0 Å². The summed E-state index contributed by atoms with van der Waals surface area (Å²) in [5, 5.41) is 12.8. The molecule has 0 saturated heterocycles. The van der Waals surface area contributed by atoms with Crippen LogP contribution in [0.3, 0.4) is 0 Å². The highest BCUT2D eigenvalue weighted by Crippen LogP contribution is 2.20. The van der Waals surface area contributed by atoms with Crippen molar-refractivity contribution in [3.8, 4) is 0 Å². The molecular weight excluding hydrogens is 301 g/mol. The molecule has 1 N–H and O–H groups in total. The average Bonchev–Trinajstić information content (AvgIpc) is 2.38. The SMILES string of the molecule is C[C@@H](C[S@@](C)=O)N(C)C(=O)Nc1ccc([N+](=O)[O-])cc1F. The van der Waals surface area contributed by atoms with Crippen molar-refractivity contribution in [2.24, 2.45) is 0 Å². The van der Waals surface area contributed by atoms with Crippen LogP contribution in [-0.4, -0.2) is 45.2 Å². The number of anilines is 1. The lowest BCUT2D eigenvalue weighted by Crippen LogP contribution is -2.41. The van der Waals surface area contributed by atoms with Gasteiger partial charge in [0, 0.05) is 42.0 Å². The third-order valence-corrected chi connectivity index (χ3v) is 3.81. The normalized spacial score (nSPS) is 13.3. The Labute approximate surface area is 123 Å². The van der Waals surface area contributed by atoms with Crippen molar-refractivity contribution in [3.63, 3.8) is 0 Å². The lowest BCUT2D eigenvalue weighted by Gasteiger charge is -2.24. The molecule has 9 heteroatoms. The van der Waals surface area contributed by atoms with Gasteiger partial charge in [0.15, 0.2) is 5.82 Å². The topological polar surface area (TPSA) is 92.6 Å². The molecule has 0 heterocycles. The standard InChI is InChI=1S/C12H16FN3O4S/c1-8(7-21(3)20)15(2)12(17)14-11-5-4-9(16(18)19)6-10(11)13/h4-6,8H,7H2,1-3H3,(H,14,17)/t8-,21+/m0/s1. The number of amides is 2. The van der Waals surface area contributed by atoms with Gasteiger partial charge in [0.1, 0.15) is 0 Å². The molecule has 0 saturated carbocycles. The zero-order valence-electron chi connectivity index (χ0n) is 11.8. The Balaban J connectivity index is 2.79. The second-order valence-electron chi connectivity index (χ2n) is 4.55. The van der Waals surface area contributed by atoms with Gasteiger partial charge in [-0.15, -0.1) is 0 Å². The summed E-state index contributed by atoms with van der Waals surface area (Å²) >= 11 is 0. The predicted octanol–water partition coefficient (Wildman–Crippen LogP) is 1.96. The Hall–Kier alpha value is -2.03. The summed E-state index contributed by atoms with van der Waals surface area (Å²) in [4.78, 5) is 23.0. The smallest absolute Gasteiger partial charge is 0.321 e. The molecule has 1 aromatic rings. The minimum atomic E-state index is -1.06. The Morgan fingerprint density at radius 2 is 2.19 bits per heavy atom. The van der Waals surface area contributed by atoms with E-state index < -0.39 is 33.3 Å². The highest BCUT2D eigenvalue weighted by molar-refractivity contribution is 7.84. The maximum absolute atomic E-state index is 13.7. The average molecular weight is 317 g/mol. The summed E-state index contributed by atoms with van der Waals surface area (Å²) in [6, 6.07) is 2.09. The van der Waals surface area contributed by atoms with Crippen LogP contribution in [0.15, 0.2) is 18.2 Å². The molecule has 0 aliphatic rings. The van der Waals surface area contributed by atoms with E-state index in [4.69, 9.17) is 0 Å². The third kappa shape index (κ3) is 4.78. The van der Waals surface area contributed by atoms with Crippen LogP contribution in [0, 0.1) is 15.9 Å². The fraction of sp³-hybridized carbons (Fsp3) is 0.417. The van der Waals surface area contributed by atoms with Crippen molar-refractivity contribution in [3.05, 3.63) is 34.1 Å². The lowest BCUT2D eigenvalue weighted by molar-refractivity contribution is -0.385. The van der Waals surface area contributed by atoms with Crippen LogP contribution >= 0.6 is 0 Å². The van der Waals surface area contributed by atoms with E-state index in [2.05, 4.69) is 5.32 Å². The van der Waals surface area contributed by atoms with Crippen LogP contribution in [0.1, 0.15) is 6.92 Å². The number of nitrogens with zero attached hydrogens (tertiary/aromatic N) is 2. The molecule has 0 spiro atoms. The first-order chi connectivity index (χ1) is 9.72. The molecule has 21 heavy (non-hydrogen) atoms. The highest BCUT2D eigenvalue weighted by Gasteiger charge is 2.19. The van der Waals surface area contributed by atoms with E-state index in [0.29, 0.717) is 5.75 Å². The number of rotatable bonds is 5. The van der Waals surface area contributed by atoms with Crippen molar-refractivity contribution in [2.75, 3.05) is 24.4 Å². The van der Waals surface area contributed by atoms with E-state index in [1.54, 1.807) is 6.92 Å². The van der Waals surface area contributed by atoms with E-state index in [-0.39, 0.29) is 11.7 Å². The number of carbonyl (C=O) groups is 1. The number of hydrogen-bond acceptors (Lipinski definition) is 4. The van der Waals surface area contributed by atoms with Gasteiger partial charge in [0.2, 0.25) is 0 Å². The number of nitro benzene ring substituents is 1. The van der Waals surface area contributed by atoms with E-state index in [1.807, 2.05) is 0 Å². The van der Waals surface area contributed by atoms with Gasteiger partial charge < -0.3 is 10.2 Å². The monoisotopic (exact) mass is 317 g/mol. The largest absolute Gasteiger partial charge is 0.324 e. The number of halogens is 1. The van der Waals surface area contributed by atoms with E-state index >= 15 is 0 Å². The third-order valence-electron chi connectivity index (χ3n) is 2.86. The number of non-ortho nitro benzene ring substituents is 1. The van der Waals surface area contributed by atoms with Crippen molar-refractivity contribution >= 4 is 28.2 Å². The quantitative estimate of drug-likeness (QED) is 0.663. The van der Waals surface area contributed by atoms with Gasteiger partial charge in [0.05, 0.1) is 16.7 Å². The predicted molar refractivity (Wildman–Crippen MR) is 78.2 cm³/mol. The molecule has 0 unspecified atom stereocenters. The zero-order chi connectivity index (χ0) is 16.2. The molecule has 1 aromatic carbocycles. The zero-order valence-corrected chi connectivity index (χ0v) is 12.6.